The molecule has 2 unspecified atom stereocenters. The lowest BCUT2D eigenvalue weighted by Crippen LogP contribution is -2.39. The van der Waals surface area contributed by atoms with Crippen molar-refractivity contribution in [3.63, 3.8) is 0 Å². The zero-order valence-electron chi connectivity index (χ0n) is 12.2. The molecule has 1 aromatic carbocycles. The van der Waals surface area contributed by atoms with Crippen molar-refractivity contribution >= 4 is 29.1 Å². The first-order chi connectivity index (χ1) is 9.69. The third-order valence-corrected chi connectivity index (χ3v) is 4.15. The van der Waals surface area contributed by atoms with Crippen LogP contribution in [0.1, 0.15) is 27.2 Å². The highest BCUT2D eigenvalue weighted by molar-refractivity contribution is 6.35. The highest BCUT2D eigenvalue weighted by atomic mass is 35.5. The van der Waals surface area contributed by atoms with Crippen molar-refractivity contribution in [3.05, 3.63) is 28.2 Å². The number of hydrogen-bond acceptors (Lipinski definition) is 3. The Morgan fingerprint density at radius 2 is 2.10 bits per heavy atom. The van der Waals surface area contributed by atoms with Crippen LogP contribution in [0.15, 0.2) is 18.2 Å². The molecule has 0 spiro atoms. The van der Waals surface area contributed by atoms with Gasteiger partial charge in [0, 0.05) is 11.4 Å². The Morgan fingerprint density at radius 1 is 1.48 bits per heavy atom. The zero-order valence-corrected chi connectivity index (χ0v) is 13.7. The van der Waals surface area contributed by atoms with Crippen LogP contribution < -0.4 is 10.5 Å². The molecule has 0 bridgehead atoms. The molecule has 2 N–H and O–H groups in total. The topological polar surface area (TPSA) is 76.1 Å². The van der Waals surface area contributed by atoms with Gasteiger partial charge in [0.2, 0.25) is 0 Å². The number of nitriles is 1. The van der Waals surface area contributed by atoms with Crippen molar-refractivity contribution in [1.29, 1.82) is 5.26 Å². The lowest BCUT2D eigenvalue weighted by Gasteiger charge is -2.29. The van der Waals surface area contributed by atoms with Crippen molar-refractivity contribution < 1.29 is 9.53 Å². The average molecular weight is 329 g/mol. The minimum atomic E-state index is -0.935. The van der Waals surface area contributed by atoms with Crippen LogP contribution in [0.2, 0.25) is 10.0 Å². The first-order valence-electron chi connectivity index (χ1n) is 6.52. The molecule has 0 aromatic heterocycles. The van der Waals surface area contributed by atoms with Crippen LogP contribution >= 0.6 is 23.2 Å². The second-order valence-electron chi connectivity index (χ2n) is 5.47. The largest absolute Gasteiger partial charge is 0.479 e. The molecule has 2 atom stereocenters. The zero-order chi connectivity index (χ0) is 16.2. The van der Waals surface area contributed by atoms with Gasteiger partial charge in [0.25, 0.3) is 5.91 Å². The number of amides is 1. The van der Waals surface area contributed by atoms with Crippen LogP contribution in [-0.2, 0) is 4.79 Å². The van der Waals surface area contributed by atoms with E-state index in [-0.39, 0.29) is 17.4 Å². The van der Waals surface area contributed by atoms with E-state index in [0.29, 0.717) is 10.8 Å². The number of ether oxygens (including phenoxy) is 1. The first kappa shape index (κ1) is 17.6. The molecule has 0 aliphatic rings. The number of rotatable bonds is 6. The Labute approximate surface area is 134 Å². The predicted octanol–water partition coefficient (Wildman–Crippen LogP) is 3.80. The number of halogens is 2. The van der Waals surface area contributed by atoms with Crippen molar-refractivity contribution in [2.45, 2.75) is 33.3 Å². The summed E-state index contributed by atoms with van der Waals surface area (Å²) in [6.07, 6.45) is -0.745. The number of primary amides is 1. The van der Waals surface area contributed by atoms with Gasteiger partial charge < -0.3 is 10.5 Å². The Bertz CT molecular complexity index is 569. The molecule has 1 aromatic rings. The van der Waals surface area contributed by atoms with Crippen molar-refractivity contribution in [3.8, 4) is 11.8 Å². The summed E-state index contributed by atoms with van der Waals surface area (Å²) in [5.74, 6) is -0.273. The molecular formula is C15H18Cl2N2O2. The highest BCUT2D eigenvalue weighted by Gasteiger charge is 2.35. The van der Waals surface area contributed by atoms with Crippen LogP contribution in [0.5, 0.6) is 5.75 Å². The number of benzene rings is 1. The van der Waals surface area contributed by atoms with E-state index in [1.54, 1.807) is 19.1 Å². The molecule has 0 radical (unpaired) electrons. The van der Waals surface area contributed by atoms with E-state index in [1.807, 2.05) is 13.8 Å². The maximum atomic E-state index is 11.6. The Morgan fingerprint density at radius 3 is 2.52 bits per heavy atom. The lowest BCUT2D eigenvalue weighted by atomic mass is 9.76. The standard InChI is InChI=1S/C15H18Cl2N2O2/c1-9(2)15(3,8-18)7-13(14(19)20)21-12-5-4-10(16)6-11(12)17/h4-6,9,13H,7H2,1-3H3,(H2,19,20). The summed E-state index contributed by atoms with van der Waals surface area (Å²) in [5.41, 5.74) is 4.66. The van der Waals surface area contributed by atoms with Gasteiger partial charge >= 0.3 is 0 Å². The molecule has 0 saturated heterocycles. The maximum absolute atomic E-state index is 11.6. The number of nitrogens with two attached hydrogens (primary N) is 1. The fraction of sp³-hybridized carbons (Fsp3) is 0.467. The van der Waals surface area contributed by atoms with Crippen molar-refractivity contribution in [1.82, 2.24) is 0 Å². The fourth-order valence-corrected chi connectivity index (χ4v) is 2.17. The normalized spacial score (nSPS) is 15.1. The van der Waals surface area contributed by atoms with E-state index < -0.39 is 17.4 Å². The summed E-state index contributed by atoms with van der Waals surface area (Å²) in [7, 11) is 0. The molecule has 114 valence electrons. The molecule has 4 nitrogen and oxygen atoms in total. The van der Waals surface area contributed by atoms with Crippen LogP contribution in [0.25, 0.3) is 0 Å². The third kappa shape index (κ3) is 4.52. The van der Waals surface area contributed by atoms with Gasteiger partial charge in [-0.15, -0.1) is 0 Å². The third-order valence-electron chi connectivity index (χ3n) is 3.62. The Balaban J connectivity index is 2.99. The fourth-order valence-electron chi connectivity index (χ4n) is 1.72. The van der Waals surface area contributed by atoms with E-state index in [2.05, 4.69) is 6.07 Å². The van der Waals surface area contributed by atoms with Gasteiger partial charge in [0.05, 0.1) is 16.5 Å². The lowest BCUT2D eigenvalue weighted by molar-refractivity contribution is -0.126. The van der Waals surface area contributed by atoms with E-state index in [9.17, 15) is 10.1 Å². The first-order valence-corrected chi connectivity index (χ1v) is 7.27. The summed E-state index contributed by atoms with van der Waals surface area (Å²) >= 11 is 11.8. The monoisotopic (exact) mass is 328 g/mol. The molecule has 0 saturated carbocycles. The minimum Gasteiger partial charge on any atom is -0.479 e. The van der Waals surface area contributed by atoms with Gasteiger partial charge in [-0.3, -0.25) is 4.79 Å². The second kappa shape index (κ2) is 7.02. The molecular weight excluding hydrogens is 311 g/mol. The summed E-state index contributed by atoms with van der Waals surface area (Å²) < 4.78 is 5.59. The van der Waals surface area contributed by atoms with Crippen LogP contribution in [0, 0.1) is 22.7 Å². The van der Waals surface area contributed by atoms with E-state index in [0.717, 1.165) is 0 Å². The maximum Gasteiger partial charge on any atom is 0.258 e. The SMILES string of the molecule is CC(C)C(C)(C#N)CC(Oc1ccc(Cl)cc1Cl)C(N)=O. The molecule has 0 fully saturated rings. The Kier molecular flexibility index (Phi) is 5.88. The average Bonchev–Trinajstić information content (AvgIpc) is 2.40. The Hall–Kier alpha value is -1.44. The smallest absolute Gasteiger partial charge is 0.258 e. The van der Waals surface area contributed by atoms with Crippen LogP contribution in [0.3, 0.4) is 0 Å². The van der Waals surface area contributed by atoms with Gasteiger partial charge in [0.15, 0.2) is 6.10 Å². The van der Waals surface area contributed by atoms with Gasteiger partial charge in [-0.2, -0.15) is 5.26 Å². The molecule has 1 amide bonds. The molecule has 0 aliphatic carbocycles. The summed E-state index contributed by atoms with van der Waals surface area (Å²) in [4.78, 5) is 11.6. The summed E-state index contributed by atoms with van der Waals surface area (Å²) in [5, 5.41) is 10.1. The van der Waals surface area contributed by atoms with Gasteiger partial charge in [-0.05, 0) is 31.0 Å². The molecule has 1 rings (SSSR count). The van der Waals surface area contributed by atoms with Gasteiger partial charge in [-0.1, -0.05) is 37.0 Å². The van der Waals surface area contributed by atoms with Crippen LogP contribution in [-0.4, -0.2) is 12.0 Å². The number of carbonyl (C=O) groups excluding carboxylic acids is 1. The van der Waals surface area contributed by atoms with Crippen molar-refractivity contribution in [2.75, 3.05) is 0 Å². The van der Waals surface area contributed by atoms with Gasteiger partial charge in [-0.25, -0.2) is 0 Å². The number of nitrogens with zero attached hydrogens (tertiary/aromatic N) is 1. The molecule has 0 aliphatic heterocycles. The predicted molar refractivity (Wildman–Crippen MR) is 83.2 cm³/mol. The summed E-state index contributed by atoms with van der Waals surface area (Å²) in [6, 6.07) is 6.92. The van der Waals surface area contributed by atoms with Crippen LogP contribution in [0.4, 0.5) is 0 Å². The highest BCUT2D eigenvalue weighted by Crippen LogP contribution is 2.34. The van der Waals surface area contributed by atoms with E-state index >= 15 is 0 Å². The number of hydrogen-bond donors (Lipinski definition) is 1. The van der Waals surface area contributed by atoms with Gasteiger partial charge in [0.1, 0.15) is 5.75 Å². The quantitative estimate of drug-likeness (QED) is 0.862. The molecule has 0 heterocycles. The second-order valence-corrected chi connectivity index (χ2v) is 6.32. The summed E-state index contributed by atoms with van der Waals surface area (Å²) in [6.45, 7) is 5.60. The van der Waals surface area contributed by atoms with E-state index in [4.69, 9.17) is 33.7 Å². The van der Waals surface area contributed by atoms with Crippen molar-refractivity contribution in [2.24, 2.45) is 17.1 Å². The minimum absolute atomic E-state index is 0.0497. The number of carbonyl (C=O) groups is 1. The molecule has 6 heteroatoms. The molecule has 21 heavy (non-hydrogen) atoms. The van der Waals surface area contributed by atoms with E-state index in [1.165, 1.54) is 6.07 Å².